The highest BCUT2D eigenvalue weighted by Gasteiger charge is 2.34. The van der Waals surface area contributed by atoms with Gasteiger partial charge in [-0.1, -0.05) is 31.4 Å². The molecule has 1 aliphatic carbocycles. The smallest absolute Gasteiger partial charge is 0.0483 e. The zero-order valence-electron chi connectivity index (χ0n) is 12.1. The molecule has 1 aromatic heterocycles. The van der Waals surface area contributed by atoms with Crippen molar-refractivity contribution < 1.29 is 0 Å². The Morgan fingerprint density at radius 3 is 2.63 bits per heavy atom. The first-order valence-corrected chi connectivity index (χ1v) is 7.42. The van der Waals surface area contributed by atoms with Crippen molar-refractivity contribution in [3.63, 3.8) is 0 Å². The van der Waals surface area contributed by atoms with Crippen molar-refractivity contribution >= 4 is 10.9 Å². The lowest BCUT2D eigenvalue weighted by Crippen LogP contribution is -2.37. The molecule has 0 amide bonds. The van der Waals surface area contributed by atoms with E-state index in [9.17, 15) is 0 Å². The van der Waals surface area contributed by atoms with E-state index in [1.807, 2.05) is 0 Å². The molecule has 2 heteroatoms. The highest BCUT2D eigenvalue weighted by molar-refractivity contribution is 5.85. The third-order valence-corrected chi connectivity index (χ3v) is 4.92. The number of benzene rings is 1. The van der Waals surface area contributed by atoms with Gasteiger partial charge >= 0.3 is 0 Å². The van der Waals surface area contributed by atoms with Crippen LogP contribution in [0.25, 0.3) is 10.9 Å². The minimum atomic E-state index is 0.215. The second-order valence-corrected chi connectivity index (χ2v) is 6.22. The van der Waals surface area contributed by atoms with Crippen molar-refractivity contribution in [3.05, 3.63) is 35.5 Å². The van der Waals surface area contributed by atoms with Gasteiger partial charge in [-0.05, 0) is 37.0 Å². The number of nitrogens with zero attached hydrogens (tertiary/aromatic N) is 1. The van der Waals surface area contributed by atoms with Crippen molar-refractivity contribution in [1.29, 1.82) is 0 Å². The van der Waals surface area contributed by atoms with Gasteiger partial charge in [-0.3, -0.25) is 0 Å². The second kappa shape index (κ2) is 4.68. The summed E-state index contributed by atoms with van der Waals surface area (Å²) in [6, 6.07) is 6.79. The van der Waals surface area contributed by atoms with Crippen LogP contribution in [0.3, 0.4) is 0 Å². The fourth-order valence-corrected chi connectivity index (χ4v) is 3.73. The van der Waals surface area contributed by atoms with Crippen molar-refractivity contribution in [2.24, 2.45) is 12.8 Å². The lowest BCUT2D eigenvalue weighted by Gasteiger charge is -2.36. The van der Waals surface area contributed by atoms with Gasteiger partial charge in [0.2, 0.25) is 0 Å². The fraction of sp³-hybridized carbons (Fsp3) is 0.529. The van der Waals surface area contributed by atoms with Gasteiger partial charge in [0.15, 0.2) is 0 Å². The van der Waals surface area contributed by atoms with E-state index in [0.29, 0.717) is 0 Å². The van der Waals surface area contributed by atoms with Gasteiger partial charge in [-0.2, -0.15) is 0 Å². The Balaban J connectivity index is 2.18. The van der Waals surface area contributed by atoms with Crippen LogP contribution < -0.4 is 5.73 Å². The molecule has 1 aromatic carbocycles. The monoisotopic (exact) mass is 256 g/mol. The topological polar surface area (TPSA) is 30.9 Å². The van der Waals surface area contributed by atoms with Gasteiger partial charge in [0.25, 0.3) is 0 Å². The Morgan fingerprint density at radius 2 is 1.95 bits per heavy atom. The summed E-state index contributed by atoms with van der Waals surface area (Å²) in [4.78, 5) is 0. The number of hydrogen-bond donors (Lipinski definition) is 1. The molecule has 0 bridgehead atoms. The van der Waals surface area contributed by atoms with Gasteiger partial charge in [-0.25, -0.2) is 0 Å². The third-order valence-electron chi connectivity index (χ3n) is 4.92. The summed E-state index contributed by atoms with van der Waals surface area (Å²) in [7, 11) is 2.15. The minimum absolute atomic E-state index is 0.215. The molecule has 0 radical (unpaired) electrons. The maximum absolute atomic E-state index is 6.19. The lowest BCUT2D eigenvalue weighted by atomic mass is 9.69. The van der Waals surface area contributed by atoms with Crippen molar-refractivity contribution in [2.45, 2.75) is 44.4 Å². The lowest BCUT2D eigenvalue weighted by molar-refractivity contribution is 0.302. The number of nitrogens with two attached hydrogens (primary N) is 1. The Bertz CT molecular complexity index is 589. The highest BCUT2D eigenvalue weighted by Crippen LogP contribution is 2.42. The molecule has 0 unspecified atom stereocenters. The molecule has 2 aromatic rings. The molecular weight excluding hydrogens is 232 g/mol. The first-order valence-electron chi connectivity index (χ1n) is 7.42. The van der Waals surface area contributed by atoms with Crippen LogP contribution in [0.15, 0.2) is 24.4 Å². The molecule has 1 aliphatic rings. The van der Waals surface area contributed by atoms with Crippen LogP contribution in [0.5, 0.6) is 0 Å². The summed E-state index contributed by atoms with van der Waals surface area (Å²) in [5, 5.41) is 1.40. The van der Waals surface area contributed by atoms with E-state index in [1.165, 1.54) is 54.1 Å². The SMILES string of the molecule is Cc1ccc2c(C3(CN)CCCCC3)cn(C)c2c1. The summed E-state index contributed by atoms with van der Waals surface area (Å²) in [6.45, 7) is 2.94. The summed E-state index contributed by atoms with van der Waals surface area (Å²) in [5.41, 5.74) is 10.6. The van der Waals surface area contributed by atoms with Crippen LogP contribution in [0.2, 0.25) is 0 Å². The van der Waals surface area contributed by atoms with E-state index in [0.717, 1.165) is 6.54 Å². The van der Waals surface area contributed by atoms with Crippen LogP contribution in [0.1, 0.15) is 43.2 Å². The Kier molecular flexibility index (Phi) is 3.14. The number of fused-ring (bicyclic) bond motifs is 1. The second-order valence-electron chi connectivity index (χ2n) is 6.22. The minimum Gasteiger partial charge on any atom is -0.350 e. The molecular formula is C17H24N2. The predicted octanol–water partition coefficient (Wildman–Crippen LogP) is 3.65. The Morgan fingerprint density at radius 1 is 1.21 bits per heavy atom. The molecule has 2 nitrogen and oxygen atoms in total. The maximum Gasteiger partial charge on any atom is 0.0483 e. The largest absolute Gasteiger partial charge is 0.350 e. The molecule has 0 saturated heterocycles. The van der Waals surface area contributed by atoms with E-state index in [1.54, 1.807) is 0 Å². The van der Waals surface area contributed by atoms with Crippen molar-refractivity contribution in [3.8, 4) is 0 Å². The molecule has 19 heavy (non-hydrogen) atoms. The zero-order chi connectivity index (χ0) is 13.5. The number of aryl methyl sites for hydroxylation is 2. The normalized spacial score (nSPS) is 18.9. The summed E-state index contributed by atoms with van der Waals surface area (Å²) >= 11 is 0. The predicted molar refractivity (Wildman–Crippen MR) is 81.5 cm³/mol. The van der Waals surface area contributed by atoms with Gasteiger partial charge in [0.1, 0.15) is 0 Å². The van der Waals surface area contributed by atoms with Crippen LogP contribution in [-0.2, 0) is 12.5 Å². The van der Waals surface area contributed by atoms with E-state index in [-0.39, 0.29) is 5.41 Å². The molecule has 0 atom stereocenters. The van der Waals surface area contributed by atoms with Gasteiger partial charge in [0, 0.05) is 36.1 Å². The summed E-state index contributed by atoms with van der Waals surface area (Å²) in [5.74, 6) is 0. The number of hydrogen-bond acceptors (Lipinski definition) is 1. The molecule has 2 N–H and O–H groups in total. The fourth-order valence-electron chi connectivity index (χ4n) is 3.73. The molecule has 0 aliphatic heterocycles. The van der Waals surface area contributed by atoms with Crippen molar-refractivity contribution in [2.75, 3.05) is 6.54 Å². The van der Waals surface area contributed by atoms with E-state index in [4.69, 9.17) is 5.73 Å². The van der Waals surface area contributed by atoms with Crippen LogP contribution in [-0.4, -0.2) is 11.1 Å². The average molecular weight is 256 g/mol. The Hall–Kier alpha value is -1.28. The van der Waals surface area contributed by atoms with Crippen molar-refractivity contribution in [1.82, 2.24) is 4.57 Å². The summed E-state index contributed by atoms with van der Waals surface area (Å²) in [6.07, 6.45) is 8.82. The molecule has 0 spiro atoms. The van der Waals surface area contributed by atoms with E-state index >= 15 is 0 Å². The van der Waals surface area contributed by atoms with Crippen LogP contribution >= 0.6 is 0 Å². The highest BCUT2D eigenvalue weighted by atomic mass is 14.9. The number of rotatable bonds is 2. The van der Waals surface area contributed by atoms with Gasteiger partial charge in [0.05, 0.1) is 0 Å². The first-order chi connectivity index (χ1) is 9.16. The first kappa shape index (κ1) is 12.7. The Labute approximate surface area is 115 Å². The van der Waals surface area contributed by atoms with Gasteiger partial charge in [-0.15, -0.1) is 0 Å². The van der Waals surface area contributed by atoms with E-state index in [2.05, 4.69) is 42.9 Å². The van der Waals surface area contributed by atoms with Gasteiger partial charge < -0.3 is 10.3 Å². The third kappa shape index (κ3) is 1.99. The molecule has 102 valence electrons. The maximum atomic E-state index is 6.19. The average Bonchev–Trinajstić information content (AvgIpc) is 2.77. The standard InChI is InChI=1S/C17H24N2/c1-13-6-7-14-15(11-19(2)16(14)10-13)17(12-18)8-4-3-5-9-17/h6-7,10-11H,3-5,8-9,12,18H2,1-2H3. The molecule has 1 fully saturated rings. The molecule has 1 saturated carbocycles. The number of aromatic nitrogens is 1. The van der Waals surface area contributed by atoms with E-state index < -0.39 is 0 Å². The summed E-state index contributed by atoms with van der Waals surface area (Å²) < 4.78 is 2.27. The van der Waals surface area contributed by atoms with Crippen LogP contribution in [0, 0.1) is 6.92 Å². The zero-order valence-corrected chi connectivity index (χ0v) is 12.1. The van der Waals surface area contributed by atoms with Crippen LogP contribution in [0.4, 0.5) is 0 Å². The molecule has 3 rings (SSSR count). The quantitative estimate of drug-likeness (QED) is 0.873. The molecule has 1 heterocycles.